The van der Waals surface area contributed by atoms with Gasteiger partial charge in [-0.2, -0.15) is 0 Å². The maximum atomic E-state index is 12.8. The second kappa shape index (κ2) is 11.0. The van der Waals surface area contributed by atoms with Crippen LogP contribution in [0.5, 0.6) is 0 Å². The minimum atomic E-state index is -3.18. The van der Waals surface area contributed by atoms with E-state index in [9.17, 15) is 13.2 Å². The minimum Gasteiger partial charge on any atom is -0.317 e. The van der Waals surface area contributed by atoms with Gasteiger partial charge < -0.3 is 4.57 Å². The van der Waals surface area contributed by atoms with Gasteiger partial charge in [-0.15, -0.1) is 11.3 Å². The number of aryl methyl sites for hydroxylation is 1. The van der Waals surface area contributed by atoms with Crippen LogP contribution in [0.2, 0.25) is 0 Å². The van der Waals surface area contributed by atoms with E-state index in [1.807, 2.05) is 45.3 Å². The summed E-state index contributed by atoms with van der Waals surface area (Å²) in [6, 6.07) is 12.3. The molecule has 7 heteroatoms. The van der Waals surface area contributed by atoms with E-state index in [1.165, 1.54) is 11.1 Å². The first-order valence-corrected chi connectivity index (χ1v) is 14.4. The lowest BCUT2D eigenvalue weighted by Gasteiger charge is -2.23. The molecule has 3 rings (SSSR count). The monoisotopic (exact) mass is 488 g/mol. The summed E-state index contributed by atoms with van der Waals surface area (Å²) in [5, 5.41) is 0.786. The Morgan fingerprint density at radius 3 is 2.45 bits per heavy atom. The molecule has 180 valence electrons. The number of pyridine rings is 1. The highest BCUT2D eigenvalue weighted by molar-refractivity contribution is 7.88. The van der Waals surface area contributed by atoms with Crippen molar-refractivity contribution in [3.05, 3.63) is 57.8 Å². The zero-order valence-electron chi connectivity index (χ0n) is 20.4. The molecule has 0 aliphatic carbocycles. The van der Waals surface area contributed by atoms with Crippen molar-refractivity contribution in [2.75, 3.05) is 19.3 Å². The van der Waals surface area contributed by atoms with Crippen molar-refractivity contribution in [3.8, 4) is 11.1 Å². The van der Waals surface area contributed by atoms with Gasteiger partial charge in [0.1, 0.15) is 0 Å². The number of rotatable bonds is 11. The largest absolute Gasteiger partial charge is 0.317 e. The molecule has 0 bridgehead atoms. The lowest BCUT2D eigenvalue weighted by Crippen LogP contribution is -2.34. The molecule has 33 heavy (non-hydrogen) atoms. The van der Waals surface area contributed by atoms with Crippen molar-refractivity contribution in [1.29, 1.82) is 0 Å². The molecule has 0 aliphatic heterocycles. The number of sulfonamides is 1. The fourth-order valence-corrected chi connectivity index (χ4v) is 6.64. The Labute approximate surface area is 202 Å². The van der Waals surface area contributed by atoms with Gasteiger partial charge in [-0.25, -0.2) is 12.7 Å². The van der Waals surface area contributed by atoms with Gasteiger partial charge in [0, 0.05) is 41.5 Å². The molecule has 0 saturated heterocycles. The van der Waals surface area contributed by atoms with Crippen LogP contribution in [0.4, 0.5) is 0 Å². The fourth-order valence-electron chi connectivity index (χ4n) is 4.32. The van der Waals surface area contributed by atoms with E-state index in [0.717, 1.165) is 46.9 Å². The van der Waals surface area contributed by atoms with Crippen molar-refractivity contribution in [2.24, 2.45) is 18.9 Å². The van der Waals surface area contributed by atoms with E-state index in [1.54, 1.807) is 20.2 Å². The van der Waals surface area contributed by atoms with E-state index in [4.69, 9.17) is 0 Å². The molecule has 0 N–H and O–H groups in total. The van der Waals surface area contributed by atoms with E-state index in [-0.39, 0.29) is 5.56 Å². The molecule has 2 heterocycles. The molecule has 1 atom stereocenters. The highest BCUT2D eigenvalue weighted by atomic mass is 32.2. The molecule has 0 radical (unpaired) electrons. The van der Waals surface area contributed by atoms with E-state index < -0.39 is 10.0 Å². The normalized spacial score (nSPS) is 13.3. The molecule has 2 aromatic heterocycles. The molecule has 5 nitrogen and oxygen atoms in total. The molecule has 3 aromatic rings. The first-order chi connectivity index (χ1) is 15.6. The Hall–Kier alpha value is -1.96. The van der Waals surface area contributed by atoms with Crippen LogP contribution >= 0.6 is 11.3 Å². The molecule has 0 spiro atoms. The number of nitrogens with zero attached hydrogens (tertiary/aromatic N) is 2. The van der Waals surface area contributed by atoms with Crippen LogP contribution in [-0.4, -0.2) is 36.6 Å². The van der Waals surface area contributed by atoms with Crippen LogP contribution < -0.4 is 5.56 Å². The summed E-state index contributed by atoms with van der Waals surface area (Å²) in [5.74, 6) is 0.768. The predicted octanol–water partition coefficient (Wildman–Crippen LogP) is 5.53. The van der Waals surface area contributed by atoms with Crippen molar-refractivity contribution in [3.63, 3.8) is 0 Å². The average molecular weight is 489 g/mol. The number of aromatic nitrogens is 1. The minimum absolute atomic E-state index is 0.0395. The molecule has 0 fully saturated rings. The topological polar surface area (TPSA) is 59.4 Å². The number of thiophene rings is 1. The maximum Gasteiger partial charge on any atom is 0.259 e. The fraction of sp³-hybridized carbons (Fsp3) is 0.500. The summed E-state index contributed by atoms with van der Waals surface area (Å²) < 4.78 is 28.5. The van der Waals surface area contributed by atoms with E-state index in [2.05, 4.69) is 25.1 Å². The molecular weight excluding hydrogens is 452 g/mol. The van der Waals surface area contributed by atoms with Gasteiger partial charge in [0.15, 0.2) is 0 Å². The zero-order chi connectivity index (χ0) is 24.2. The van der Waals surface area contributed by atoms with Crippen molar-refractivity contribution in [1.82, 2.24) is 8.87 Å². The van der Waals surface area contributed by atoms with Gasteiger partial charge in [-0.3, -0.25) is 4.79 Å². The number of fused-ring (bicyclic) bond motifs is 1. The number of hydrogen-bond donors (Lipinski definition) is 0. The third-order valence-electron chi connectivity index (χ3n) is 6.11. The van der Waals surface area contributed by atoms with Crippen LogP contribution in [0.1, 0.15) is 44.9 Å². The second-order valence-electron chi connectivity index (χ2n) is 9.42. The van der Waals surface area contributed by atoms with Gasteiger partial charge in [0.05, 0.1) is 11.6 Å². The second-order valence-corrected chi connectivity index (χ2v) is 12.5. The van der Waals surface area contributed by atoms with Gasteiger partial charge in [0.2, 0.25) is 10.0 Å². The molecule has 0 aliphatic rings. The van der Waals surface area contributed by atoms with E-state index >= 15 is 0 Å². The van der Waals surface area contributed by atoms with Crippen LogP contribution in [-0.2, 0) is 23.5 Å². The Bertz CT molecular complexity index is 1230. The average Bonchev–Trinajstić information content (AvgIpc) is 3.18. The SMILES string of the molecule is CCC(CCCN(CC(C)C)S(C)(=O)=O)Cc1cc2c(=O)n(C)cc(-c3ccccc3)c2s1. The number of hydrogen-bond acceptors (Lipinski definition) is 4. The number of benzene rings is 1. The van der Waals surface area contributed by atoms with Gasteiger partial charge in [0.25, 0.3) is 5.56 Å². The van der Waals surface area contributed by atoms with Crippen LogP contribution in [0, 0.1) is 11.8 Å². The summed E-state index contributed by atoms with van der Waals surface area (Å²) in [7, 11) is -1.37. The molecular formula is C26H36N2O3S2. The Kier molecular flexibility index (Phi) is 8.54. The highest BCUT2D eigenvalue weighted by Gasteiger charge is 2.19. The molecule has 0 amide bonds. The van der Waals surface area contributed by atoms with Crippen molar-refractivity contribution in [2.45, 2.75) is 46.5 Å². The van der Waals surface area contributed by atoms with Crippen molar-refractivity contribution >= 4 is 31.4 Å². The third kappa shape index (κ3) is 6.55. The van der Waals surface area contributed by atoms with Crippen molar-refractivity contribution < 1.29 is 8.42 Å². The van der Waals surface area contributed by atoms with Crippen LogP contribution in [0.25, 0.3) is 21.2 Å². The first kappa shape index (κ1) is 25.7. The summed E-state index contributed by atoms with van der Waals surface area (Å²) in [6.45, 7) is 7.41. The lowest BCUT2D eigenvalue weighted by atomic mass is 9.95. The Morgan fingerprint density at radius 2 is 1.85 bits per heavy atom. The van der Waals surface area contributed by atoms with E-state index in [0.29, 0.717) is 24.9 Å². The highest BCUT2D eigenvalue weighted by Crippen LogP contribution is 2.34. The van der Waals surface area contributed by atoms with Gasteiger partial charge in [-0.1, -0.05) is 57.5 Å². The summed E-state index contributed by atoms with van der Waals surface area (Å²) in [6.07, 6.45) is 7.00. The summed E-state index contributed by atoms with van der Waals surface area (Å²) in [4.78, 5) is 14.0. The van der Waals surface area contributed by atoms with Crippen LogP contribution in [0.3, 0.4) is 0 Å². The molecule has 0 saturated carbocycles. The zero-order valence-corrected chi connectivity index (χ0v) is 22.0. The first-order valence-electron chi connectivity index (χ1n) is 11.7. The lowest BCUT2D eigenvalue weighted by molar-refractivity contribution is 0.343. The summed E-state index contributed by atoms with van der Waals surface area (Å²) >= 11 is 1.72. The molecule has 1 aromatic carbocycles. The van der Waals surface area contributed by atoms with Gasteiger partial charge in [-0.05, 0) is 42.7 Å². The van der Waals surface area contributed by atoms with Crippen LogP contribution in [0.15, 0.2) is 47.4 Å². The molecule has 1 unspecified atom stereocenters. The standard InChI is InChI=1S/C26H36N2O3S2/c1-6-20(11-10-14-28(17-19(2)3)33(5,30)31)15-22-16-23-25(32-22)24(18-27(4)26(23)29)21-12-8-7-9-13-21/h7-9,12-13,16,18-20H,6,10-11,14-15,17H2,1-5H3. The smallest absolute Gasteiger partial charge is 0.259 e. The Morgan fingerprint density at radius 1 is 1.15 bits per heavy atom. The quantitative estimate of drug-likeness (QED) is 0.356. The third-order valence-corrected chi connectivity index (χ3v) is 8.57. The summed E-state index contributed by atoms with van der Waals surface area (Å²) in [5.41, 5.74) is 2.25. The van der Waals surface area contributed by atoms with Gasteiger partial charge >= 0.3 is 0 Å². The Balaban J connectivity index is 1.78. The maximum absolute atomic E-state index is 12.8. The predicted molar refractivity (Wildman–Crippen MR) is 140 cm³/mol.